The predicted molar refractivity (Wildman–Crippen MR) is 110 cm³/mol. The highest BCUT2D eigenvalue weighted by atomic mass is 19.3. The summed E-state index contributed by atoms with van der Waals surface area (Å²) in [6.07, 6.45) is 0.583. The lowest BCUT2D eigenvalue weighted by molar-refractivity contribution is -0.127. The molecule has 0 radical (unpaired) electrons. The summed E-state index contributed by atoms with van der Waals surface area (Å²) in [7, 11) is 2.97. The van der Waals surface area contributed by atoms with Crippen molar-refractivity contribution in [1.82, 2.24) is 20.4 Å². The molecular formula is C22H22F2N4O4. The number of likely N-dealkylation sites (N-methyl/N-ethyl adjacent to an activating group) is 1. The summed E-state index contributed by atoms with van der Waals surface area (Å²) in [6, 6.07) is 12.0. The van der Waals surface area contributed by atoms with E-state index in [1.54, 1.807) is 13.1 Å². The van der Waals surface area contributed by atoms with Gasteiger partial charge < -0.3 is 19.3 Å². The van der Waals surface area contributed by atoms with Crippen molar-refractivity contribution < 1.29 is 27.6 Å². The summed E-state index contributed by atoms with van der Waals surface area (Å²) < 4.78 is 40.1. The van der Waals surface area contributed by atoms with Gasteiger partial charge >= 0.3 is 6.61 Å². The van der Waals surface area contributed by atoms with Crippen molar-refractivity contribution in [2.24, 2.45) is 0 Å². The fourth-order valence-electron chi connectivity index (χ4n) is 3.78. The molecule has 0 saturated carbocycles. The average Bonchev–Trinajstić information content (AvgIpc) is 3.26. The molecule has 0 fully saturated rings. The summed E-state index contributed by atoms with van der Waals surface area (Å²) in [5.41, 5.74) is 2.80. The molecule has 0 spiro atoms. The molecule has 1 N–H and O–H groups in total. The van der Waals surface area contributed by atoms with E-state index in [0.29, 0.717) is 24.4 Å². The highest BCUT2D eigenvalue weighted by Gasteiger charge is 2.32. The normalized spacial score (nSPS) is 16.0. The lowest BCUT2D eigenvalue weighted by Crippen LogP contribution is -2.49. The molecule has 0 unspecified atom stereocenters. The van der Waals surface area contributed by atoms with Crippen LogP contribution in [0.5, 0.6) is 11.5 Å². The zero-order valence-electron chi connectivity index (χ0n) is 17.5. The van der Waals surface area contributed by atoms with Crippen LogP contribution in [-0.2, 0) is 24.3 Å². The third-order valence-electron chi connectivity index (χ3n) is 5.34. The number of methoxy groups -OCH3 is 1. The van der Waals surface area contributed by atoms with Crippen molar-refractivity contribution in [3.63, 3.8) is 0 Å². The number of ether oxygens (including phenoxy) is 2. The first-order valence-electron chi connectivity index (χ1n) is 9.96. The van der Waals surface area contributed by atoms with Gasteiger partial charge in [-0.15, -0.1) is 0 Å². The van der Waals surface area contributed by atoms with Crippen LogP contribution < -0.4 is 14.8 Å². The van der Waals surface area contributed by atoms with Crippen LogP contribution in [0.25, 0.3) is 11.4 Å². The Balaban J connectivity index is 1.55. The Morgan fingerprint density at radius 1 is 1.25 bits per heavy atom. The van der Waals surface area contributed by atoms with E-state index < -0.39 is 6.61 Å². The number of nitrogens with zero attached hydrogens (tertiary/aromatic N) is 3. The second kappa shape index (κ2) is 9.31. The van der Waals surface area contributed by atoms with Gasteiger partial charge in [0.2, 0.25) is 17.6 Å². The van der Waals surface area contributed by atoms with Crippen molar-refractivity contribution in [3.8, 4) is 22.9 Å². The standard InChI is InChI=1S/C22H22F2N4O4/c1-25-21(29)16-9-13-5-3-4-6-15(13)11-28(16)12-19-26-20(27-32-19)14-7-8-17(31-22(23)24)18(10-14)30-2/h3-8,10,16,22H,9,11-12H2,1-2H3,(H,25,29)/t16-/m1/s1. The molecule has 2 aromatic carbocycles. The molecule has 0 bridgehead atoms. The van der Waals surface area contributed by atoms with E-state index >= 15 is 0 Å². The topological polar surface area (TPSA) is 89.7 Å². The van der Waals surface area contributed by atoms with E-state index in [1.165, 1.54) is 19.2 Å². The fourth-order valence-corrected chi connectivity index (χ4v) is 3.78. The molecule has 1 aliphatic rings. The minimum atomic E-state index is -2.96. The number of nitrogens with one attached hydrogen (secondary N) is 1. The van der Waals surface area contributed by atoms with Crippen molar-refractivity contribution in [2.75, 3.05) is 14.2 Å². The number of carbonyl (C=O) groups excluding carboxylic acids is 1. The fraction of sp³-hybridized carbons (Fsp3) is 0.318. The molecule has 0 aliphatic carbocycles. The SMILES string of the molecule is CNC(=O)[C@H]1Cc2ccccc2CN1Cc1nc(-c2ccc(OC(F)F)c(OC)c2)no1. The molecule has 32 heavy (non-hydrogen) atoms. The van der Waals surface area contributed by atoms with Gasteiger partial charge in [0.1, 0.15) is 0 Å². The zero-order chi connectivity index (χ0) is 22.7. The van der Waals surface area contributed by atoms with E-state index in [2.05, 4.69) is 20.2 Å². The third-order valence-corrected chi connectivity index (χ3v) is 5.34. The number of amides is 1. The van der Waals surface area contributed by atoms with Gasteiger partial charge in [0.15, 0.2) is 11.5 Å². The van der Waals surface area contributed by atoms with Gasteiger partial charge in [0.25, 0.3) is 0 Å². The molecule has 1 amide bonds. The monoisotopic (exact) mass is 444 g/mol. The molecule has 1 aliphatic heterocycles. The Kier molecular flexibility index (Phi) is 6.31. The number of carbonyl (C=O) groups is 1. The largest absolute Gasteiger partial charge is 0.493 e. The Labute approximate surface area is 183 Å². The summed E-state index contributed by atoms with van der Waals surface area (Å²) in [6.45, 7) is -2.11. The lowest BCUT2D eigenvalue weighted by Gasteiger charge is -2.34. The van der Waals surface area contributed by atoms with Gasteiger partial charge in [-0.3, -0.25) is 9.69 Å². The maximum absolute atomic E-state index is 12.5. The van der Waals surface area contributed by atoms with Crippen molar-refractivity contribution >= 4 is 5.91 Å². The zero-order valence-corrected chi connectivity index (χ0v) is 17.5. The van der Waals surface area contributed by atoms with Crippen molar-refractivity contribution in [3.05, 3.63) is 59.5 Å². The predicted octanol–water partition coefficient (Wildman–Crippen LogP) is 3.02. The van der Waals surface area contributed by atoms with Crippen LogP contribution in [0.1, 0.15) is 17.0 Å². The smallest absolute Gasteiger partial charge is 0.387 e. The Morgan fingerprint density at radius 3 is 2.75 bits per heavy atom. The van der Waals surface area contributed by atoms with Crippen LogP contribution in [0.3, 0.4) is 0 Å². The maximum Gasteiger partial charge on any atom is 0.387 e. The second-order valence-electron chi connectivity index (χ2n) is 7.26. The van der Waals surface area contributed by atoms with Crippen LogP contribution >= 0.6 is 0 Å². The molecule has 2 heterocycles. The van der Waals surface area contributed by atoms with Gasteiger partial charge in [0.05, 0.1) is 19.7 Å². The quantitative estimate of drug-likeness (QED) is 0.599. The van der Waals surface area contributed by atoms with Crippen molar-refractivity contribution in [2.45, 2.75) is 32.2 Å². The lowest BCUT2D eigenvalue weighted by atomic mass is 9.93. The van der Waals surface area contributed by atoms with Gasteiger partial charge in [-0.2, -0.15) is 13.8 Å². The Morgan fingerprint density at radius 2 is 2.03 bits per heavy atom. The molecule has 4 rings (SSSR count). The first-order chi connectivity index (χ1) is 15.5. The van der Waals surface area contributed by atoms with Gasteiger partial charge in [-0.25, -0.2) is 0 Å². The first-order valence-corrected chi connectivity index (χ1v) is 9.96. The first kappa shape index (κ1) is 21.7. The molecular weight excluding hydrogens is 422 g/mol. The van der Waals surface area contributed by atoms with E-state index in [1.807, 2.05) is 29.2 Å². The van der Waals surface area contributed by atoms with Crippen LogP contribution in [0.4, 0.5) is 8.78 Å². The maximum atomic E-state index is 12.5. The third kappa shape index (κ3) is 4.54. The van der Waals surface area contributed by atoms with Crippen LogP contribution in [0.2, 0.25) is 0 Å². The van der Waals surface area contributed by atoms with E-state index in [0.717, 1.165) is 11.1 Å². The summed E-state index contributed by atoms with van der Waals surface area (Å²) in [5, 5.41) is 6.71. The highest BCUT2D eigenvalue weighted by Crippen LogP contribution is 2.33. The number of hydrogen-bond acceptors (Lipinski definition) is 7. The van der Waals surface area contributed by atoms with E-state index in [9.17, 15) is 13.6 Å². The van der Waals surface area contributed by atoms with E-state index in [4.69, 9.17) is 9.26 Å². The highest BCUT2D eigenvalue weighted by molar-refractivity contribution is 5.82. The molecule has 1 atom stereocenters. The number of hydrogen-bond donors (Lipinski definition) is 1. The average molecular weight is 444 g/mol. The van der Waals surface area contributed by atoms with Gasteiger partial charge in [0, 0.05) is 19.2 Å². The minimum Gasteiger partial charge on any atom is -0.493 e. The summed E-state index contributed by atoms with van der Waals surface area (Å²) >= 11 is 0. The van der Waals surface area contributed by atoms with Gasteiger partial charge in [-0.05, 0) is 35.7 Å². The summed E-state index contributed by atoms with van der Waals surface area (Å²) in [5.74, 6) is 0.561. The van der Waals surface area contributed by atoms with Crippen LogP contribution in [-0.4, -0.2) is 47.8 Å². The molecule has 3 aromatic rings. The van der Waals surface area contributed by atoms with Gasteiger partial charge in [-0.1, -0.05) is 29.4 Å². The van der Waals surface area contributed by atoms with Crippen molar-refractivity contribution in [1.29, 1.82) is 0 Å². The number of aromatic nitrogens is 2. The second-order valence-corrected chi connectivity index (χ2v) is 7.26. The number of alkyl halides is 2. The Hall–Kier alpha value is -3.53. The Bertz CT molecular complexity index is 1110. The molecule has 0 saturated heterocycles. The minimum absolute atomic E-state index is 0.0846. The number of halogens is 2. The number of rotatable bonds is 7. The number of benzene rings is 2. The van der Waals surface area contributed by atoms with Crippen LogP contribution in [0, 0.1) is 0 Å². The number of fused-ring (bicyclic) bond motifs is 1. The molecule has 10 heteroatoms. The van der Waals surface area contributed by atoms with E-state index in [-0.39, 0.29) is 35.8 Å². The molecule has 8 nitrogen and oxygen atoms in total. The molecule has 168 valence electrons. The summed E-state index contributed by atoms with van der Waals surface area (Å²) in [4.78, 5) is 18.9. The molecule has 1 aromatic heterocycles. The van der Waals surface area contributed by atoms with Crippen LogP contribution in [0.15, 0.2) is 47.0 Å².